The van der Waals surface area contributed by atoms with Crippen LogP contribution in [0.4, 0.5) is 0 Å². The van der Waals surface area contributed by atoms with Crippen LogP contribution in [0.25, 0.3) is 10.9 Å². The fourth-order valence-electron chi connectivity index (χ4n) is 4.13. The molecule has 4 rings (SSSR count). The zero-order valence-corrected chi connectivity index (χ0v) is 14.4. The lowest BCUT2D eigenvalue weighted by atomic mass is 9.88. The first-order valence-electron chi connectivity index (χ1n) is 9.18. The van der Waals surface area contributed by atoms with E-state index in [0.29, 0.717) is 22.9 Å². The van der Waals surface area contributed by atoms with E-state index in [0.717, 1.165) is 32.5 Å². The summed E-state index contributed by atoms with van der Waals surface area (Å²) in [5.74, 6) is 0.689. The van der Waals surface area contributed by atoms with Gasteiger partial charge in [-0.1, -0.05) is 12.1 Å². The maximum absolute atomic E-state index is 12.6. The fourth-order valence-corrected chi connectivity index (χ4v) is 4.13. The molecule has 2 aliphatic heterocycles. The molecule has 1 aromatic carbocycles. The van der Waals surface area contributed by atoms with Gasteiger partial charge in [0.1, 0.15) is 6.54 Å². The number of amides is 1. The molecule has 1 atom stereocenters. The Morgan fingerprint density at radius 3 is 2.76 bits per heavy atom. The SMILES string of the molecule is O=C(Cn1cnc2ccccc2c1=O)N1CCC(C2CCCN2)CC1. The predicted octanol–water partition coefficient (Wildman–Crippen LogP) is 1.39. The van der Waals surface area contributed by atoms with E-state index < -0.39 is 0 Å². The summed E-state index contributed by atoms with van der Waals surface area (Å²) in [5.41, 5.74) is 0.519. The van der Waals surface area contributed by atoms with Crippen LogP contribution in [0.15, 0.2) is 35.4 Å². The molecule has 2 aliphatic rings. The quantitative estimate of drug-likeness (QED) is 0.917. The molecule has 1 unspecified atom stereocenters. The van der Waals surface area contributed by atoms with Gasteiger partial charge in [-0.05, 0) is 50.3 Å². The molecular formula is C19H24N4O2. The number of rotatable bonds is 3. The number of likely N-dealkylation sites (tertiary alicyclic amines) is 1. The van der Waals surface area contributed by atoms with Crippen LogP contribution in [-0.2, 0) is 11.3 Å². The Morgan fingerprint density at radius 1 is 1.20 bits per heavy atom. The van der Waals surface area contributed by atoms with Crippen LogP contribution in [0.5, 0.6) is 0 Å². The molecule has 1 N–H and O–H groups in total. The van der Waals surface area contributed by atoms with E-state index in [1.165, 1.54) is 23.7 Å². The van der Waals surface area contributed by atoms with Crippen molar-refractivity contribution in [2.75, 3.05) is 19.6 Å². The van der Waals surface area contributed by atoms with E-state index in [1.54, 1.807) is 6.07 Å². The summed E-state index contributed by atoms with van der Waals surface area (Å²) in [6.07, 6.45) is 6.11. The van der Waals surface area contributed by atoms with Crippen molar-refractivity contribution in [1.82, 2.24) is 19.8 Å². The third-order valence-corrected chi connectivity index (χ3v) is 5.60. The van der Waals surface area contributed by atoms with Gasteiger partial charge in [-0.2, -0.15) is 0 Å². The third kappa shape index (κ3) is 3.31. The minimum atomic E-state index is -0.149. The summed E-state index contributed by atoms with van der Waals surface area (Å²) < 4.78 is 1.43. The molecule has 6 heteroatoms. The number of benzene rings is 1. The van der Waals surface area contributed by atoms with Gasteiger partial charge in [0.05, 0.1) is 17.2 Å². The Labute approximate surface area is 146 Å². The minimum Gasteiger partial charge on any atom is -0.341 e. The van der Waals surface area contributed by atoms with Crippen molar-refractivity contribution in [3.63, 3.8) is 0 Å². The molecule has 132 valence electrons. The van der Waals surface area contributed by atoms with Gasteiger partial charge in [0.25, 0.3) is 5.56 Å². The van der Waals surface area contributed by atoms with Gasteiger partial charge in [0, 0.05) is 19.1 Å². The lowest BCUT2D eigenvalue weighted by Crippen LogP contribution is -2.45. The molecule has 0 radical (unpaired) electrons. The number of carbonyl (C=O) groups excluding carboxylic acids is 1. The molecule has 2 saturated heterocycles. The van der Waals surface area contributed by atoms with Gasteiger partial charge in [0.2, 0.25) is 5.91 Å². The number of hydrogen-bond donors (Lipinski definition) is 1. The smallest absolute Gasteiger partial charge is 0.261 e. The highest BCUT2D eigenvalue weighted by Gasteiger charge is 2.29. The number of carbonyl (C=O) groups is 1. The Kier molecular flexibility index (Phi) is 4.53. The van der Waals surface area contributed by atoms with Crippen molar-refractivity contribution in [3.8, 4) is 0 Å². The van der Waals surface area contributed by atoms with E-state index in [-0.39, 0.29) is 18.0 Å². The van der Waals surface area contributed by atoms with Crippen molar-refractivity contribution in [3.05, 3.63) is 40.9 Å². The first-order valence-corrected chi connectivity index (χ1v) is 9.18. The minimum absolute atomic E-state index is 0.0111. The molecule has 25 heavy (non-hydrogen) atoms. The number of nitrogens with zero attached hydrogens (tertiary/aromatic N) is 3. The summed E-state index contributed by atoms with van der Waals surface area (Å²) in [5, 5.41) is 4.14. The van der Waals surface area contributed by atoms with Crippen LogP contribution in [0, 0.1) is 5.92 Å². The van der Waals surface area contributed by atoms with Crippen LogP contribution < -0.4 is 10.9 Å². The molecule has 2 fully saturated rings. The molecule has 0 aliphatic carbocycles. The summed E-state index contributed by atoms with van der Waals surface area (Å²) in [7, 11) is 0. The molecule has 1 aromatic heterocycles. The topological polar surface area (TPSA) is 67.2 Å². The van der Waals surface area contributed by atoms with E-state index in [2.05, 4.69) is 10.3 Å². The number of hydrogen-bond acceptors (Lipinski definition) is 4. The fraction of sp³-hybridized carbons (Fsp3) is 0.526. The highest BCUT2D eigenvalue weighted by atomic mass is 16.2. The second kappa shape index (κ2) is 6.96. The highest BCUT2D eigenvalue weighted by molar-refractivity contribution is 5.79. The molecule has 0 bridgehead atoms. The van der Waals surface area contributed by atoms with Gasteiger partial charge < -0.3 is 10.2 Å². The average Bonchev–Trinajstić information content (AvgIpc) is 3.19. The number of nitrogens with one attached hydrogen (secondary N) is 1. The van der Waals surface area contributed by atoms with Crippen molar-refractivity contribution in [1.29, 1.82) is 0 Å². The van der Waals surface area contributed by atoms with Crippen LogP contribution >= 0.6 is 0 Å². The van der Waals surface area contributed by atoms with Crippen molar-refractivity contribution in [2.45, 2.75) is 38.3 Å². The van der Waals surface area contributed by atoms with Crippen molar-refractivity contribution >= 4 is 16.8 Å². The normalized spacial score (nSPS) is 21.8. The first-order chi connectivity index (χ1) is 12.2. The zero-order chi connectivity index (χ0) is 17.2. The van der Waals surface area contributed by atoms with Crippen LogP contribution in [-0.4, -0.2) is 46.0 Å². The Balaban J connectivity index is 1.41. The van der Waals surface area contributed by atoms with Crippen LogP contribution in [0.3, 0.4) is 0 Å². The third-order valence-electron chi connectivity index (χ3n) is 5.60. The summed E-state index contributed by atoms with van der Waals surface area (Å²) in [6.45, 7) is 2.78. The van der Waals surface area contributed by atoms with Gasteiger partial charge in [-0.15, -0.1) is 0 Å². The summed E-state index contributed by atoms with van der Waals surface area (Å²) in [6, 6.07) is 7.87. The molecule has 2 aromatic rings. The van der Waals surface area contributed by atoms with Crippen molar-refractivity contribution < 1.29 is 4.79 Å². The maximum atomic E-state index is 12.6. The number of aromatic nitrogens is 2. The second-order valence-electron chi connectivity index (χ2n) is 7.12. The molecule has 0 saturated carbocycles. The van der Waals surface area contributed by atoms with E-state index in [9.17, 15) is 9.59 Å². The molecule has 3 heterocycles. The number of para-hydroxylation sites is 1. The van der Waals surface area contributed by atoms with E-state index in [1.807, 2.05) is 23.1 Å². The molecule has 0 spiro atoms. The molecular weight excluding hydrogens is 316 g/mol. The van der Waals surface area contributed by atoms with Gasteiger partial charge >= 0.3 is 0 Å². The van der Waals surface area contributed by atoms with Crippen molar-refractivity contribution in [2.24, 2.45) is 5.92 Å². The molecule has 1 amide bonds. The van der Waals surface area contributed by atoms with E-state index in [4.69, 9.17) is 0 Å². The average molecular weight is 340 g/mol. The number of fused-ring (bicyclic) bond motifs is 1. The van der Waals surface area contributed by atoms with Gasteiger partial charge in [-0.25, -0.2) is 4.98 Å². The lowest BCUT2D eigenvalue weighted by molar-refractivity contribution is -0.133. The van der Waals surface area contributed by atoms with Gasteiger partial charge in [0.15, 0.2) is 0 Å². The standard InChI is InChI=1S/C19H24N4O2/c24-18(22-10-7-14(8-11-22)16-6-3-9-20-16)12-23-13-21-17-5-2-1-4-15(17)19(23)25/h1-2,4-5,13-14,16,20H,3,6-12H2. The highest BCUT2D eigenvalue weighted by Crippen LogP contribution is 2.25. The summed E-state index contributed by atoms with van der Waals surface area (Å²) >= 11 is 0. The zero-order valence-electron chi connectivity index (χ0n) is 14.4. The largest absolute Gasteiger partial charge is 0.341 e. The summed E-state index contributed by atoms with van der Waals surface area (Å²) in [4.78, 5) is 31.3. The predicted molar refractivity (Wildman–Crippen MR) is 96.3 cm³/mol. The van der Waals surface area contributed by atoms with E-state index >= 15 is 0 Å². The first kappa shape index (κ1) is 16.3. The Morgan fingerprint density at radius 2 is 2.00 bits per heavy atom. The molecule has 6 nitrogen and oxygen atoms in total. The monoisotopic (exact) mass is 340 g/mol. The number of piperidine rings is 1. The second-order valence-corrected chi connectivity index (χ2v) is 7.12. The Hall–Kier alpha value is -2.21. The maximum Gasteiger partial charge on any atom is 0.261 e. The van der Waals surface area contributed by atoms with Crippen LogP contribution in [0.1, 0.15) is 25.7 Å². The lowest BCUT2D eigenvalue weighted by Gasteiger charge is -2.35. The van der Waals surface area contributed by atoms with Crippen LogP contribution in [0.2, 0.25) is 0 Å². The van der Waals surface area contributed by atoms with Gasteiger partial charge in [-0.3, -0.25) is 14.2 Å². The Bertz CT molecular complexity index is 818.